The van der Waals surface area contributed by atoms with Crippen LogP contribution in [0, 0.1) is 0 Å². The van der Waals surface area contributed by atoms with E-state index >= 15 is 0 Å². The summed E-state index contributed by atoms with van der Waals surface area (Å²) in [7, 11) is -3.58. The van der Waals surface area contributed by atoms with Crippen molar-refractivity contribution in [2.45, 2.75) is 122 Å². The molecule has 0 amide bonds. The van der Waals surface area contributed by atoms with Gasteiger partial charge in [-0.2, -0.15) is 0 Å². The Labute approximate surface area is 208 Å². The number of aliphatic hydroxyl groups excluding tert-OH is 1. The van der Waals surface area contributed by atoms with Crippen LogP contribution in [0.3, 0.4) is 0 Å². The number of hydrogen-bond donors (Lipinski definition) is 1. The summed E-state index contributed by atoms with van der Waals surface area (Å²) < 4.78 is 25.2. The third-order valence-electron chi connectivity index (χ3n) is 6.89. The lowest BCUT2D eigenvalue weighted by molar-refractivity contribution is -0.0912. The van der Waals surface area contributed by atoms with Gasteiger partial charge in [0.25, 0.3) is 0 Å². The standard InChI is InChI=1S/C24H55NO5Si3/c1-23(2)20-22(21-24(3,4)25(23)5)28-16-13-19-32(8,9)30-33(10,11)29-31(6,7)18-12-15-27-17-14-26/h22,26H,12-21H2,1-11H3. The summed E-state index contributed by atoms with van der Waals surface area (Å²) in [5.74, 6) is 0. The Kier molecular flexibility index (Phi) is 12.0. The Hall–Kier alpha value is 0.411. The van der Waals surface area contributed by atoms with Gasteiger partial charge < -0.3 is 22.8 Å². The molecule has 0 aliphatic carbocycles. The molecule has 1 aliphatic rings. The molecule has 198 valence electrons. The molecular weight excluding hydrogens is 467 g/mol. The molecule has 6 nitrogen and oxygen atoms in total. The van der Waals surface area contributed by atoms with Crippen molar-refractivity contribution in [2.75, 3.05) is 33.5 Å². The van der Waals surface area contributed by atoms with Gasteiger partial charge in [0.2, 0.25) is 0 Å². The predicted octanol–water partition coefficient (Wildman–Crippen LogP) is 5.59. The molecule has 33 heavy (non-hydrogen) atoms. The van der Waals surface area contributed by atoms with Crippen LogP contribution >= 0.6 is 0 Å². The van der Waals surface area contributed by atoms with E-state index in [2.05, 4.69) is 78.9 Å². The fraction of sp³-hybridized carbons (Fsp3) is 1.00. The summed E-state index contributed by atoms with van der Waals surface area (Å²) in [6.07, 6.45) is 4.54. The molecule has 0 aromatic heterocycles. The van der Waals surface area contributed by atoms with Gasteiger partial charge in [0, 0.05) is 24.3 Å². The smallest absolute Gasteiger partial charge is 0.311 e. The summed E-state index contributed by atoms with van der Waals surface area (Å²) in [4.78, 5) is 2.50. The Balaban J connectivity index is 2.43. The van der Waals surface area contributed by atoms with E-state index in [-0.39, 0.29) is 17.7 Å². The Morgan fingerprint density at radius 3 is 1.70 bits per heavy atom. The van der Waals surface area contributed by atoms with Crippen LogP contribution in [0.5, 0.6) is 0 Å². The largest absolute Gasteiger partial charge is 0.437 e. The van der Waals surface area contributed by atoms with E-state index < -0.39 is 25.2 Å². The number of nitrogens with zero attached hydrogens (tertiary/aromatic N) is 1. The highest BCUT2D eigenvalue weighted by Crippen LogP contribution is 2.38. The second-order valence-corrected chi connectivity index (χ2v) is 25.2. The minimum absolute atomic E-state index is 0.0871. The van der Waals surface area contributed by atoms with Crippen LogP contribution in [0.2, 0.25) is 51.4 Å². The average Bonchev–Trinajstić information content (AvgIpc) is 2.60. The van der Waals surface area contributed by atoms with Crippen LogP contribution in [0.15, 0.2) is 0 Å². The lowest BCUT2D eigenvalue weighted by Gasteiger charge is -2.53. The number of aliphatic hydroxyl groups is 1. The highest BCUT2D eigenvalue weighted by atomic mass is 28.5. The van der Waals surface area contributed by atoms with Crippen LogP contribution in [0.1, 0.15) is 53.4 Å². The normalized spacial score (nSPS) is 20.4. The lowest BCUT2D eigenvalue weighted by Crippen LogP contribution is -2.60. The second kappa shape index (κ2) is 12.6. The maximum atomic E-state index is 8.82. The van der Waals surface area contributed by atoms with E-state index in [1.807, 2.05) is 0 Å². The van der Waals surface area contributed by atoms with Crippen LogP contribution in [0.4, 0.5) is 0 Å². The Morgan fingerprint density at radius 2 is 1.24 bits per heavy atom. The first kappa shape index (κ1) is 31.4. The maximum absolute atomic E-state index is 8.82. The fourth-order valence-corrected chi connectivity index (χ4v) is 19.4. The van der Waals surface area contributed by atoms with Crippen LogP contribution < -0.4 is 0 Å². The van der Waals surface area contributed by atoms with Gasteiger partial charge in [-0.15, -0.1) is 0 Å². The first-order valence-electron chi connectivity index (χ1n) is 12.9. The molecule has 0 aromatic rings. The molecule has 1 N–H and O–H groups in total. The number of ether oxygens (including phenoxy) is 2. The SMILES string of the molecule is CN1C(C)(C)CC(OCCC[Si](C)(C)O[Si](C)(C)O[Si](C)(C)CCCOCCO)CC1(C)C. The maximum Gasteiger partial charge on any atom is 0.311 e. The summed E-state index contributed by atoms with van der Waals surface area (Å²) in [5, 5.41) is 8.82. The monoisotopic (exact) mass is 521 g/mol. The molecule has 0 atom stereocenters. The van der Waals surface area contributed by atoms with E-state index in [0.29, 0.717) is 19.3 Å². The highest BCUT2D eigenvalue weighted by molar-refractivity contribution is 6.87. The van der Waals surface area contributed by atoms with Crippen molar-refractivity contribution in [1.29, 1.82) is 0 Å². The number of piperidine rings is 1. The van der Waals surface area contributed by atoms with Crippen molar-refractivity contribution >= 4 is 25.2 Å². The van der Waals surface area contributed by atoms with Gasteiger partial charge in [-0.25, -0.2) is 0 Å². The molecular formula is C24H55NO5Si3. The molecule has 0 radical (unpaired) electrons. The topological polar surface area (TPSA) is 60.4 Å². The molecule has 1 aliphatic heterocycles. The van der Waals surface area contributed by atoms with Crippen molar-refractivity contribution in [3.63, 3.8) is 0 Å². The first-order valence-corrected chi connectivity index (χ1v) is 21.9. The zero-order chi connectivity index (χ0) is 25.6. The van der Waals surface area contributed by atoms with Crippen molar-refractivity contribution < 1.29 is 22.8 Å². The predicted molar refractivity (Wildman–Crippen MR) is 146 cm³/mol. The molecule has 0 aromatic carbocycles. The summed E-state index contributed by atoms with van der Waals surface area (Å²) in [5.41, 5.74) is 0.330. The number of rotatable bonds is 15. The molecule has 1 rings (SSSR count). The van der Waals surface area contributed by atoms with Crippen molar-refractivity contribution in [2.24, 2.45) is 0 Å². The third kappa shape index (κ3) is 11.8. The van der Waals surface area contributed by atoms with Gasteiger partial charge >= 0.3 is 8.56 Å². The van der Waals surface area contributed by atoms with Crippen LogP contribution in [0.25, 0.3) is 0 Å². The minimum atomic E-state index is -2.19. The first-order chi connectivity index (χ1) is 14.9. The quantitative estimate of drug-likeness (QED) is 0.224. The van der Waals surface area contributed by atoms with E-state index in [4.69, 9.17) is 22.8 Å². The summed E-state index contributed by atoms with van der Waals surface area (Å²) >= 11 is 0. The Bertz CT molecular complexity index is 566. The van der Waals surface area contributed by atoms with Crippen molar-refractivity contribution in [3.05, 3.63) is 0 Å². The number of likely N-dealkylation sites (tertiary alicyclic amines) is 1. The van der Waals surface area contributed by atoms with E-state index in [0.717, 1.165) is 44.4 Å². The van der Waals surface area contributed by atoms with Gasteiger partial charge in [-0.05, 0) is 112 Å². The Morgan fingerprint density at radius 1 is 0.788 bits per heavy atom. The zero-order valence-corrected chi connectivity index (χ0v) is 26.7. The molecule has 0 saturated carbocycles. The molecule has 0 spiro atoms. The zero-order valence-electron chi connectivity index (χ0n) is 23.7. The lowest BCUT2D eigenvalue weighted by atomic mass is 9.79. The summed E-state index contributed by atoms with van der Waals surface area (Å²) in [6.45, 7) is 24.9. The average molecular weight is 522 g/mol. The summed E-state index contributed by atoms with van der Waals surface area (Å²) in [6, 6.07) is 2.15. The molecule has 9 heteroatoms. The van der Waals surface area contributed by atoms with Gasteiger partial charge in [0.1, 0.15) is 0 Å². The van der Waals surface area contributed by atoms with E-state index in [1.165, 1.54) is 0 Å². The minimum Gasteiger partial charge on any atom is -0.437 e. The second-order valence-electron chi connectivity index (χ2n) is 12.8. The fourth-order valence-electron chi connectivity index (χ4n) is 5.37. The highest BCUT2D eigenvalue weighted by Gasteiger charge is 2.43. The molecule has 1 saturated heterocycles. The van der Waals surface area contributed by atoms with Crippen LogP contribution in [-0.4, -0.2) is 85.9 Å². The van der Waals surface area contributed by atoms with E-state index in [1.54, 1.807) is 0 Å². The van der Waals surface area contributed by atoms with Crippen molar-refractivity contribution in [3.8, 4) is 0 Å². The van der Waals surface area contributed by atoms with Crippen LogP contribution in [-0.2, 0) is 17.7 Å². The van der Waals surface area contributed by atoms with E-state index in [9.17, 15) is 0 Å². The molecule has 0 bridgehead atoms. The molecule has 1 heterocycles. The van der Waals surface area contributed by atoms with Gasteiger partial charge in [-0.1, -0.05) is 0 Å². The van der Waals surface area contributed by atoms with Crippen molar-refractivity contribution in [1.82, 2.24) is 4.90 Å². The number of hydrogen-bond acceptors (Lipinski definition) is 6. The van der Waals surface area contributed by atoms with Gasteiger partial charge in [-0.3, -0.25) is 4.90 Å². The molecule has 1 fully saturated rings. The van der Waals surface area contributed by atoms with Gasteiger partial charge in [0.15, 0.2) is 16.6 Å². The molecule has 0 unspecified atom stereocenters. The third-order valence-corrected chi connectivity index (χ3v) is 18.4. The van der Waals surface area contributed by atoms with Gasteiger partial charge in [0.05, 0.1) is 19.3 Å².